The molecule has 15 heavy (non-hydrogen) atoms. The van der Waals surface area contributed by atoms with E-state index in [4.69, 9.17) is 21.8 Å². The van der Waals surface area contributed by atoms with Crippen LogP contribution < -0.4 is 29.6 Å². The summed E-state index contributed by atoms with van der Waals surface area (Å²) < 4.78 is 0. The maximum absolute atomic E-state index is 10.5. The molecule has 0 aliphatic carbocycles. The molecule has 0 heterocycles. The van der Waals surface area contributed by atoms with E-state index in [0.29, 0.717) is 5.02 Å². The van der Waals surface area contributed by atoms with Crippen LogP contribution in [0.5, 0.6) is 0 Å². The van der Waals surface area contributed by atoms with E-state index in [-0.39, 0.29) is 49.9 Å². The van der Waals surface area contributed by atoms with E-state index in [2.05, 4.69) is 0 Å². The maximum Gasteiger partial charge on any atom is 1.00 e. The predicted molar refractivity (Wildman–Crippen MR) is 54.6 cm³/mol. The van der Waals surface area contributed by atoms with E-state index in [0.717, 1.165) is 5.56 Å². The zero-order chi connectivity index (χ0) is 10.6. The molecule has 0 amide bonds. The Hall–Kier alpha value is -0.0600. The van der Waals surface area contributed by atoms with Gasteiger partial charge < -0.3 is 11.6 Å². The first-order valence-electron chi connectivity index (χ1n) is 4.21. The second-order valence-electron chi connectivity index (χ2n) is 3.03. The summed E-state index contributed by atoms with van der Waals surface area (Å²) in [5.41, 5.74) is 0.791. The summed E-state index contributed by atoms with van der Waals surface area (Å²) in [6.07, 6.45) is -0.0713. The van der Waals surface area contributed by atoms with Gasteiger partial charge in [-0.2, -0.15) is 0 Å². The van der Waals surface area contributed by atoms with Crippen molar-refractivity contribution >= 4 is 17.6 Å². The fraction of sp³-hybridized carbons (Fsp3) is 0.300. The average Bonchev–Trinajstić information content (AvgIpc) is 2.15. The van der Waals surface area contributed by atoms with Crippen molar-refractivity contribution in [1.29, 1.82) is 0 Å². The third kappa shape index (κ3) is 5.00. The van der Waals surface area contributed by atoms with Gasteiger partial charge in [-0.3, -0.25) is 4.79 Å². The number of rotatable bonds is 4. The molecule has 0 bridgehead atoms. The fourth-order valence-electron chi connectivity index (χ4n) is 1.23. The fourth-order valence-corrected chi connectivity index (χ4v) is 1.36. The molecule has 2 N–H and O–H groups in total. The van der Waals surface area contributed by atoms with Crippen LogP contribution in [-0.2, 0) is 4.79 Å². The summed E-state index contributed by atoms with van der Waals surface area (Å²) in [6, 6.07) is 6.82. The molecule has 0 radical (unpaired) electrons. The first-order chi connectivity index (χ1) is 6.63. The van der Waals surface area contributed by atoms with Crippen molar-refractivity contribution in [3.8, 4) is 0 Å². The van der Waals surface area contributed by atoms with Gasteiger partial charge in [0.1, 0.15) is 0 Å². The van der Waals surface area contributed by atoms with E-state index < -0.39 is 5.97 Å². The number of aliphatic carboxylic acids is 1. The number of benzene rings is 1. The summed E-state index contributed by atoms with van der Waals surface area (Å²) >= 11 is 5.69. The molecule has 78 valence electrons. The minimum atomic E-state index is -0.918. The van der Waals surface area contributed by atoms with Gasteiger partial charge in [0.25, 0.3) is 0 Å². The Kier molecular flexibility index (Phi) is 7.22. The van der Waals surface area contributed by atoms with Gasteiger partial charge in [0.2, 0.25) is 0 Å². The monoisotopic (exact) mass is 238 g/mol. The number of hydrogen-bond acceptors (Lipinski definition) is 2. The molecule has 0 aliphatic heterocycles. The Bertz CT molecular complexity index is 318. The van der Waals surface area contributed by atoms with Crippen molar-refractivity contribution in [2.45, 2.75) is 12.3 Å². The molecule has 1 rings (SSSR count). The standard InChI is InChI=1S/C10H11ClO3.Na.H/c11-9-3-1-7(2-4-9)8(6-12)5-10(13)14;;/h1-4,8,12H,5-6H2,(H,13,14);;/q;+1;-1. The number of aliphatic hydroxyl groups excluding tert-OH is 1. The van der Waals surface area contributed by atoms with E-state index in [9.17, 15) is 4.79 Å². The number of carboxylic acid groups (broad SMARTS) is 1. The van der Waals surface area contributed by atoms with Crippen LogP contribution in [0.3, 0.4) is 0 Å². The predicted octanol–water partition coefficient (Wildman–Crippen LogP) is -0.993. The topological polar surface area (TPSA) is 57.5 Å². The Morgan fingerprint density at radius 1 is 1.40 bits per heavy atom. The Morgan fingerprint density at radius 2 is 1.93 bits per heavy atom. The maximum atomic E-state index is 10.5. The van der Waals surface area contributed by atoms with Crippen molar-refractivity contribution in [2.24, 2.45) is 0 Å². The van der Waals surface area contributed by atoms with Crippen LogP contribution in [0.4, 0.5) is 0 Å². The smallest absolute Gasteiger partial charge is 1.00 e. The van der Waals surface area contributed by atoms with Gasteiger partial charge in [0.05, 0.1) is 13.0 Å². The van der Waals surface area contributed by atoms with Gasteiger partial charge in [0.15, 0.2) is 0 Å². The van der Waals surface area contributed by atoms with Crippen LogP contribution in [0.25, 0.3) is 0 Å². The number of hydrogen-bond donors (Lipinski definition) is 2. The number of carboxylic acids is 1. The average molecular weight is 239 g/mol. The van der Waals surface area contributed by atoms with Crippen molar-refractivity contribution in [3.05, 3.63) is 34.9 Å². The van der Waals surface area contributed by atoms with Gasteiger partial charge in [-0.15, -0.1) is 0 Å². The van der Waals surface area contributed by atoms with E-state index in [1.54, 1.807) is 24.3 Å². The minimum Gasteiger partial charge on any atom is -1.00 e. The van der Waals surface area contributed by atoms with Crippen molar-refractivity contribution < 1.29 is 46.0 Å². The molecule has 1 unspecified atom stereocenters. The molecular formula is C10H12ClNaO3. The zero-order valence-corrected chi connectivity index (χ0v) is 11.2. The molecule has 0 saturated carbocycles. The molecule has 1 aromatic carbocycles. The van der Waals surface area contributed by atoms with Crippen LogP contribution in [-0.4, -0.2) is 22.8 Å². The third-order valence-corrected chi connectivity index (χ3v) is 2.23. The van der Waals surface area contributed by atoms with Crippen molar-refractivity contribution in [1.82, 2.24) is 0 Å². The molecule has 0 aromatic heterocycles. The minimum absolute atomic E-state index is 0. The van der Waals surface area contributed by atoms with Gasteiger partial charge in [0, 0.05) is 10.9 Å². The van der Waals surface area contributed by atoms with Crippen LogP contribution in [0, 0.1) is 0 Å². The van der Waals surface area contributed by atoms with Crippen molar-refractivity contribution in [3.63, 3.8) is 0 Å². The molecule has 1 atom stereocenters. The number of aliphatic hydroxyl groups is 1. The zero-order valence-electron chi connectivity index (χ0n) is 9.48. The number of carbonyl (C=O) groups is 1. The quantitative estimate of drug-likeness (QED) is 0.662. The molecule has 1 aromatic rings. The Morgan fingerprint density at radius 3 is 2.33 bits per heavy atom. The SMILES string of the molecule is O=C(O)CC(CO)c1ccc(Cl)cc1.[H-].[Na+]. The molecule has 0 saturated heterocycles. The van der Waals surface area contributed by atoms with Crippen LogP contribution in [0.2, 0.25) is 5.02 Å². The Labute approximate surface area is 117 Å². The second-order valence-corrected chi connectivity index (χ2v) is 3.47. The second kappa shape index (κ2) is 7.25. The summed E-state index contributed by atoms with van der Waals surface area (Å²) in [5.74, 6) is -1.27. The van der Waals surface area contributed by atoms with E-state index >= 15 is 0 Å². The van der Waals surface area contributed by atoms with Crippen LogP contribution >= 0.6 is 11.6 Å². The van der Waals surface area contributed by atoms with E-state index in [1.165, 1.54) is 0 Å². The summed E-state index contributed by atoms with van der Waals surface area (Å²) in [7, 11) is 0. The first-order valence-corrected chi connectivity index (χ1v) is 4.59. The van der Waals surface area contributed by atoms with Gasteiger partial charge in [-0.25, -0.2) is 0 Å². The number of halogens is 1. The molecule has 3 nitrogen and oxygen atoms in total. The summed E-state index contributed by atoms with van der Waals surface area (Å²) in [5, 5.41) is 18.2. The summed E-state index contributed by atoms with van der Waals surface area (Å²) in [6.45, 7) is -0.173. The van der Waals surface area contributed by atoms with Gasteiger partial charge in [-0.05, 0) is 17.7 Å². The molecule has 0 spiro atoms. The normalized spacial score (nSPS) is 11.6. The van der Waals surface area contributed by atoms with Crippen LogP contribution in [0.15, 0.2) is 24.3 Å². The third-order valence-electron chi connectivity index (χ3n) is 1.98. The van der Waals surface area contributed by atoms with E-state index in [1.807, 2.05) is 0 Å². The summed E-state index contributed by atoms with van der Waals surface area (Å²) in [4.78, 5) is 10.5. The van der Waals surface area contributed by atoms with Gasteiger partial charge >= 0.3 is 35.5 Å². The largest absolute Gasteiger partial charge is 1.00 e. The first kappa shape index (κ1) is 14.9. The van der Waals surface area contributed by atoms with Gasteiger partial charge in [-0.1, -0.05) is 23.7 Å². The van der Waals surface area contributed by atoms with Crippen molar-refractivity contribution in [2.75, 3.05) is 6.61 Å². The molecule has 0 aliphatic rings. The molecule has 5 heteroatoms. The molecule has 0 fully saturated rings. The molecular weight excluding hydrogens is 227 g/mol. The van der Waals surface area contributed by atoms with Crippen LogP contribution in [0.1, 0.15) is 19.3 Å². The Balaban J connectivity index is 0.